The van der Waals surface area contributed by atoms with Crippen molar-refractivity contribution in [2.75, 3.05) is 13.2 Å². The molecule has 0 aliphatic carbocycles. The number of ether oxygens (including phenoxy) is 2. The molecule has 4 nitrogen and oxygen atoms in total. The summed E-state index contributed by atoms with van der Waals surface area (Å²) >= 11 is 3.18. The predicted molar refractivity (Wildman–Crippen MR) is 135 cm³/mol. The van der Waals surface area contributed by atoms with E-state index in [4.69, 9.17) is 9.47 Å². The summed E-state index contributed by atoms with van der Waals surface area (Å²) in [7, 11) is 0. The summed E-state index contributed by atoms with van der Waals surface area (Å²) in [6.45, 7) is 5.91. The molecule has 0 atom stereocenters. The maximum Gasteiger partial charge on any atom is 0.168 e. The topological polar surface area (TPSA) is 44.2 Å². The fraction of sp³-hybridized carbons (Fsp3) is 0.385. The highest BCUT2D eigenvalue weighted by molar-refractivity contribution is 7.19. The molecule has 4 aromatic rings. The van der Waals surface area contributed by atoms with E-state index in [1.54, 1.807) is 22.7 Å². The van der Waals surface area contributed by atoms with Gasteiger partial charge >= 0.3 is 0 Å². The average Bonchev–Trinajstić information content (AvgIpc) is 3.40. The van der Waals surface area contributed by atoms with E-state index in [2.05, 4.69) is 47.8 Å². The van der Waals surface area contributed by atoms with Crippen LogP contribution in [0, 0.1) is 11.8 Å². The van der Waals surface area contributed by atoms with Gasteiger partial charge in [-0.1, -0.05) is 39.5 Å². The van der Waals surface area contributed by atoms with Crippen LogP contribution in [-0.4, -0.2) is 23.2 Å². The van der Waals surface area contributed by atoms with E-state index in [1.807, 2.05) is 24.3 Å². The Morgan fingerprint density at radius 2 is 1.16 bits per heavy atom. The van der Waals surface area contributed by atoms with Crippen molar-refractivity contribution >= 4 is 43.1 Å². The molecule has 0 aliphatic heterocycles. The van der Waals surface area contributed by atoms with Gasteiger partial charge in [0.05, 0.1) is 33.6 Å². The number of hydrogen-bond acceptors (Lipinski definition) is 6. The van der Waals surface area contributed by atoms with Crippen LogP contribution >= 0.6 is 22.7 Å². The maximum absolute atomic E-state index is 5.86. The first kappa shape index (κ1) is 22.6. The Kier molecular flexibility index (Phi) is 7.97. The minimum absolute atomic E-state index is 0.758. The molecule has 0 unspecified atom stereocenters. The van der Waals surface area contributed by atoms with Gasteiger partial charge in [-0.05, 0) is 61.1 Å². The zero-order valence-electron chi connectivity index (χ0n) is 18.6. The fourth-order valence-electron chi connectivity index (χ4n) is 3.29. The van der Waals surface area contributed by atoms with Crippen LogP contribution in [-0.2, 0) is 0 Å². The van der Waals surface area contributed by atoms with Crippen molar-refractivity contribution < 1.29 is 9.47 Å². The highest BCUT2D eigenvalue weighted by Gasteiger charge is 2.06. The van der Waals surface area contributed by atoms with Crippen molar-refractivity contribution in [3.05, 3.63) is 46.4 Å². The Labute approximate surface area is 197 Å². The van der Waals surface area contributed by atoms with Crippen molar-refractivity contribution in [1.29, 1.82) is 0 Å². The van der Waals surface area contributed by atoms with Gasteiger partial charge in [0.1, 0.15) is 11.5 Å². The molecule has 6 heteroatoms. The highest BCUT2D eigenvalue weighted by atomic mass is 32.1. The number of unbranched alkanes of at least 4 members (excludes halogenated alkanes) is 4. The summed E-state index contributed by atoms with van der Waals surface area (Å²) in [4.78, 5) is 9.28. The van der Waals surface area contributed by atoms with Crippen molar-refractivity contribution in [2.24, 2.45) is 0 Å². The molecule has 0 spiro atoms. The molecule has 32 heavy (non-hydrogen) atoms. The molecule has 0 saturated carbocycles. The molecule has 2 aromatic heterocycles. The van der Waals surface area contributed by atoms with E-state index in [9.17, 15) is 0 Å². The third kappa shape index (κ3) is 5.99. The number of hydrogen-bond donors (Lipinski definition) is 0. The summed E-state index contributed by atoms with van der Waals surface area (Å²) in [6, 6.07) is 12.1. The fourth-order valence-corrected chi connectivity index (χ4v) is 4.98. The van der Waals surface area contributed by atoms with Gasteiger partial charge in [0.25, 0.3) is 0 Å². The Balaban J connectivity index is 1.43. The van der Waals surface area contributed by atoms with E-state index in [0.29, 0.717) is 0 Å². The zero-order chi connectivity index (χ0) is 22.2. The van der Waals surface area contributed by atoms with Crippen LogP contribution in [0.3, 0.4) is 0 Å². The highest BCUT2D eigenvalue weighted by Crippen LogP contribution is 2.28. The third-order valence-electron chi connectivity index (χ3n) is 5.03. The molecule has 0 saturated heterocycles. The van der Waals surface area contributed by atoms with E-state index >= 15 is 0 Å². The van der Waals surface area contributed by atoms with Crippen LogP contribution in [0.15, 0.2) is 36.4 Å². The second-order valence-corrected chi connectivity index (χ2v) is 9.72. The van der Waals surface area contributed by atoms with E-state index in [0.717, 1.165) is 68.0 Å². The van der Waals surface area contributed by atoms with Gasteiger partial charge in [-0.25, -0.2) is 9.97 Å². The van der Waals surface area contributed by atoms with Crippen molar-refractivity contribution in [1.82, 2.24) is 9.97 Å². The van der Waals surface area contributed by atoms with E-state index < -0.39 is 0 Å². The summed E-state index contributed by atoms with van der Waals surface area (Å²) < 4.78 is 13.9. The molecule has 0 N–H and O–H groups in total. The lowest BCUT2D eigenvalue weighted by Gasteiger charge is -2.04. The van der Waals surface area contributed by atoms with Crippen molar-refractivity contribution in [3.63, 3.8) is 0 Å². The number of thiazole rings is 2. The lowest BCUT2D eigenvalue weighted by molar-refractivity contribution is 0.306. The Morgan fingerprint density at radius 1 is 0.688 bits per heavy atom. The van der Waals surface area contributed by atoms with Gasteiger partial charge in [0, 0.05) is 0 Å². The van der Waals surface area contributed by atoms with E-state index in [1.165, 1.54) is 25.7 Å². The summed E-state index contributed by atoms with van der Waals surface area (Å²) in [5, 5.41) is 1.59. The van der Waals surface area contributed by atoms with Gasteiger partial charge in [0.2, 0.25) is 0 Å². The summed E-state index contributed by atoms with van der Waals surface area (Å²) in [5.41, 5.74) is 1.91. The Hall–Kier alpha value is -2.62. The largest absolute Gasteiger partial charge is 0.494 e. The number of benzene rings is 2. The molecule has 4 rings (SSSR count). The molecular formula is C26H28N2O2S2. The summed E-state index contributed by atoms with van der Waals surface area (Å²) in [5.74, 6) is 8.17. The first-order chi connectivity index (χ1) is 15.7. The number of fused-ring (bicyclic) bond motifs is 2. The lowest BCUT2D eigenvalue weighted by Crippen LogP contribution is -1.96. The van der Waals surface area contributed by atoms with Gasteiger partial charge < -0.3 is 9.47 Å². The quantitative estimate of drug-likeness (QED) is 0.181. The molecule has 0 bridgehead atoms. The first-order valence-corrected chi connectivity index (χ1v) is 13.0. The minimum atomic E-state index is 0.758. The minimum Gasteiger partial charge on any atom is -0.494 e. The molecule has 2 aromatic carbocycles. The van der Waals surface area contributed by atoms with Gasteiger partial charge in [0.15, 0.2) is 10.0 Å². The van der Waals surface area contributed by atoms with Crippen LogP contribution in [0.4, 0.5) is 0 Å². The van der Waals surface area contributed by atoms with Gasteiger partial charge in [-0.3, -0.25) is 0 Å². The number of nitrogens with zero attached hydrogens (tertiary/aromatic N) is 2. The van der Waals surface area contributed by atoms with Crippen LogP contribution < -0.4 is 9.47 Å². The normalized spacial score (nSPS) is 10.9. The monoisotopic (exact) mass is 464 g/mol. The molecular weight excluding hydrogens is 436 g/mol. The number of rotatable bonds is 10. The average molecular weight is 465 g/mol. The first-order valence-electron chi connectivity index (χ1n) is 11.3. The maximum atomic E-state index is 5.86. The Morgan fingerprint density at radius 3 is 1.59 bits per heavy atom. The van der Waals surface area contributed by atoms with Crippen LogP contribution in [0.5, 0.6) is 11.5 Å². The third-order valence-corrected chi connectivity index (χ3v) is 6.90. The molecule has 0 aliphatic rings. The molecule has 0 fully saturated rings. The van der Waals surface area contributed by atoms with Crippen LogP contribution in [0.2, 0.25) is 0 Å². The zero-order valence-corrected chi connectivity index (χ0v) is 20.3. The standard InChI is InChI=1S/C26H28N2O2S2/c1-3-5-7-15-29-19-9-11-21-23(17-19)31-25(27-21)13-14-26-28-22-12-10-20(18-24(22)32-26)30-16-8-6-4-2/h9-12,17-18H,3-8,15-16H2,1-2H3. The van der Waals surface area contributed by atoms with Crippen LogP contribution in [0.25, 0.3) is 20.4 Å². The van der Waals surface area contributed by atoms with Gasteiger partial charge in [-0.15, -0.1) is 22.7 Å². The smallest absolute Gasteiger partial charge is 0.168 e. The molecule has 2 heterocycles. The second-order valence-electron chi connectivity index (χ2n) is 7.66. The second kappa shape index (κ2) is 11.3. The molecule has 0 amide bonds. The van der Waals surface area contributed by atoms with E-state index in [-0.39, 0.29) is 0 Å². The van der Waals surface area contributed by atoms with Gasteiger partial charge in [-0.2, -0.15) is 0 Å². The number of aromatic nitrogens is 2. The Bertz CT molecular complexity index is 1140. The SMILES string of the molecule is CCCCCOc1ccc2nc(C#Cc3nc4ccc(OCCCCC)cc4s3)sc2c1. The molecule has 0 radical (unpaired) electrons. The summed E-state index contributed by atoms with van der Waals surface area (Å²) in [6.07, 6.45) is 6.96. The van der Waals surface area contributed by atoms with Crippen LogP contribution in [0.1, 0.15) is 62.4 Å². The lowest BCUT2D eigenvalue weighted by atomic mass is 10.3. The van der Waals surface area contributed by atoms with Crippen molar-refractivity contribution in [2.45, 2.75) is 52.4 Å². The van der Waals surface area contributed by atoms with Crippen molar-refractivity contribution in [3.8, 4) is 23.3 Å². The predicted octanol–water partition coefficient (Wildman–Crippen LogP) is 7.44. The molecule has 166 valence electrons.